The topological polar surface area (TPSA) is 50.2 Å². The quantitative estimate of drug-likeness (QED) is 0.831. The Kier molecular flexibility index (Phi) is 4.93. The van der Waals surface area contributed by atoms with E-state index in [1.165, 1.54) is 0 Å². The first-order chi connectivity index (χ1) is 7.54. The molecule has 0 aliphatic rings. The highest BCUT2D eigenvalue weighted by molar-refractivity contribution is 7.11. The Bertz CT molecular complexity index is 358. The minimum atomic E-state index is -0.734. The first-order valence-electron chi connectivity index (χ1n) is 5.74. The number of thiazole rings is 1. The number of carbonyl (C=O) groups is 1. The highest BCUT2D eigenvalue weighted by atomic mass is 32.1. The van der Waals surface area contributed by atoms with E-state index in [-0.39, 0.29) is 6.42 Å². The smallest absolute Gasteiger partial charge is 0.303 e. The summed E-state index contributed by atoms with van der Waals surface area (Å²) in [7, 11) is 0. The summed E-state index contributed by atoms with van der Waals surface area (Å²) in [6, 6.07) is 0. The van der Waals surface area contributed by atoms with Crippen molar-refractivity contribution in [3.8, 4) is 0 Å². The van der Waals surface area contributed by atoms with Gasteiger partial charge in [-0.3, -0.25) is 4.79 Å². The van der Waals surface area contributed by atoms with Crippen molar-refractivity contribution in [2.45, 2.75) is 52.4 Å². The van der Waals surface area contributed by atoms with Gasteiger partial charge in [-0.2, -0.15) is 0 Å². The molecule has 0 spiro atoms. The molecule has 1 aromatic rings. The van der Waals surface area contributed by atoms with Gasteiger partial charge >= 0.3 is 5.97 Å². The van der Waals surface area contributed by atoms with Gasteiger partial charge in [0, 0.05) is 10.8 Å². The van der Waals surface area contributed by atoms with E-state index in [2.05, 4.69) is 25.8 Å². The molecule has 0 atom stereocenters. The predicted molar refractivity (Wildman–Crippen MR) is 66.2 cm³/mol. The fourth-order valence-corrected chi connectivity index (χ4v) is 2.61. The highest BCUT2D eigenvalue weighted by Crippen LogP contribution is 2.26. The molecule has 0 fully saturated rings. The van der Waals surface area contributed by atoms with Gasteiger partial charge in [0.05, 0.1) is 17.1 Å². The summed E-state index contributed by atoms with van der Waals surface area (Å²) in [5.74, 6) is -0.305. The molecule has 1 heterocycles. The summed E-state index contributed by atoms with van der Waals surface area (Å²) in [6.45, 7) is 6.36. The molecular weight excluding hydrogens is 222 g/mol. The Morgan fingerprint density at radius 2 is 2.12 bits per heavy atom. The second-order valence-electron chi connectivity index (χ2n) is 4.22. The van der Waals surface area contributed by atoms with Crippen molar-refractivity contribution in [2.24, 2.45) is 0 Å². The number of aromatic nitrogens is 1. The fourth-order valence-electron chi connectivity index (χ4n) is 1.50. The molecule has 16 heavy (non-hydrogen) atoms. The lowest BCUT2D eigenvalue weighted by Gasteiger charge is -1.97. The average molecular weight is 241 g/mol. The largest absolute Gasteiger partial charge is 0.481 e. The second-order valence-corrected chi connectivity index (χ2v) is 5.34. The van der Waals surface area contributed by atoms with Crippen molar-refractivity contribution in [3.63, 3.8) is 0 Å². The summed E-state index contributed by atoms with van der Waals surface area (Å²) in [4.78, 5) is 16.3. The zero-order valence-corrected chi connectivity index (χ0v) is 10.9. The molecule has 3 nitrogen and oxygen atoms in total. The number of nitrogens with zero attached hydrogens (tertiary/aromatic N) is 1. The SMILES string of the molecule is CCCc1nc(C(C)C)sc1CCC(=O)O. The van der Waals surface area contributed by atoms with Crippen LogP contribution in [0.1, 0.15) is 55.1 Å². The van der Waals surface area contributed by atoms with Crippen LogP contribution < -0.4 is 0 Å². The van der Waals surface area contributed by atoms with Gasteiger partial charge in [0.25, 0.3) is 0 Å². The first-order valence-corrected chi connectivity index (χ1v) is 6.56. The van der Waals surface area contributed by atoms with Crippen LogP contribution in [0.4, 0.5) is 0 Å². The van der Waals surface area contributed by atoms with Crippen LogP contribution in [0, 0.1) is 0 Å². The Labute approximate surface area is 101 Å². The number of carboxylic acids is 1. The van der Waals surface area contributed by atoms with Crippen LogP contribution in [-0.4, -0.2) is 16.1 Å². The molecule has 0 radical (unpaired) electrons. The van der Waals surface area contributed by atoms with Gasteiger partial charge in [0.15, 0.2) is 0 Å². The van der Waals surface area contributed by atoms with Crippen LogP contribution in [0.2, 0.25) is 0 Å². The summed E-state index contributed by atoms with van der Waals surface area (Å²) < 4.78 is 0. The van der Waals surface area contributed by atoms with Crippen molar-refractivity contribution < 1.29 is 9.90 Å². The standard InChI is InChI=1S/C12H19NO2S/c1-4-5-9-10(6-7-11(14)15)16-12(13-9)8(2)3/h8H,4-7H2,1-3H3,(H,14,15). The molecule has 0 aromatic carbocycles. The van der Waals surface area contributed by atoms with Gasteiger partial charge < -0.3 is 5.11 Å². The lowest BCUT2D eigenvalue weighted by atomic mass is 10.1. The van der Waals surface area contributed by atoms with E-state index in [1.807, 2.05) is 0 Å². The molecular formula is C12H19NO2S. The zero-order chi connectivity index (χ0) is 12.1. The van der Waals surface area contributed by atoms with Crippen LogP contribution in [0.3, 0.4) is 0 Å². The van der Waals surface area contributed by atoms with Crippen LogP contribution >= 0.6 is 11.3 Å². The Hall–Kier alpha value is -0.900. The molecule has 4 heteroatoms. The van der Waals surface area contributed by atoms with Crippen molar-refractivity contribution in [3.05, 3.63) is 15.6 Å². The van der Waals surface area contributed by atoms with Crippen molar-refractivity contribution >= 4 is 17.3 Å². The molecule has 1 aromatic heterocycles. The molecule has 0 bridgehead atoms. The Morgan fingerprint density at radius 1 is 1.44 bits per heavy atom. The maximum absolute atomic E-state index is 10.6. The molecule has 0 unspecified atom stereocenters. The minimum Gasteiger partial charge on any atom is -0.481 e. The molecule has 90 valence electrons. The number of aliphatic carboxylic acids is 1. The third-order valence-corrected chi connectivity index (χ3v) is 3.80. The lowest BCUT2D eigenvalue weighted by Crippen LogP contribution is -1.98. The van der Waals surface area contributed by atoms with Crippen molar-refractivity contribution in [1.29, 1.82) is 0 Å². The third-order valence-electron chi connectivity index (χ3n) is 2.34. The monoisotopic (exact) mass is 241 g/mol. The van der Waals surface area contributed by atoms with Gasteiger partial charge in [0.1, 0.15) is 0 Å². The van der Waals surface area contributed by atoms with E-state index < -0.39 is 5.97 Å². The first kappa shape index (κ1) is 13.2. The van der Waals surface area contributed by atoms with Gasteiger partial charge in [0.2, 0.25) is 0 Å². The van der Waals surface area contributed by atoms with Crippen LogP contribution in [0.5, 0.6) is 0 Å². The lowest BCUT2D eigenvalue weighted by molar-refractivity contribution is -0.136. The summed E-state index contributed by atoms with van der Waals surface area (Å²) in [5.41, 5.74) is 1.11. The van der Waals surface area contributed by atoms with Crippen LogP contribution in [0.15, 0.2) is 0 Å². The zero-order valence-electron chi connectivity index (χ0n) is 10.1. The van der Waals surface area contributed by atoms with Crippen LogP contribution in [0.25, 0.3) is 0 Å². The normalized spacial score (nSPS) is 11.0. The Morgan fingerprint density at radius 3 is 2.62 bits per heavy atom. The van der Waals surface area contributed by atoms with Crippen molar-refractivity contribution in [2.75, 3.05) is 0 Å². The molecule has 0 amide bonds. The number of rotatable bonds is 6. The van der Waals surface area contributed by atoms with E-state index in [9.17, 15) is 4.79 Å². The van der Waals surface area contributed by atoms with E-state index in [0.717, 1.165) is 28.4 Å². The Balaban J connectivity index is 2.82. The predicted octanol–water partition coefficient (Wildman–Crippen LogP) is 3.24. The van der Waals surface area contributed by atoms with Gasteiger partial charge in [-0.25, -0.2) is 4.98 Å². The van der Waals surface area contributed by atoms with E-state index in [4.69, 9.17) is 5.11 Å². The highest BCUT2D eigenvalue weighted by Gasteiger charge is 2.13. The third kappa shape index (κ3) is 3.59. The molecule has 1 N–H and O–H groups in total. The van der Waals surface area contributed by atoms with Crippen molar-refractivity contribution in [1.82, 2.24) is 4.98 Å². The van der Waals surface area contributed by atoms with Crippen LogP contribution in [-0.2, 0) is 17.6 Å². The molecule has 0 aliphatic carbocycles. The number of hydrogen-bond acceptors (Lipinski definition) is 3. The van der Waals surface area contributed by atoms with E-state index >= 15 is 0 Å². The minimum absolute atomic E-state index is 0.205. The average Bonchev–Trinajstić information content (AvgIpc) is 2.59. The van der Waals surface area contributed by atoms with E-state index in [1.54, 1.807) is 11.3 Å². The summed E-state index contributed by atoms with van der Waals surface area (Å²) in [5, 5.41) is 9.82. The summed E-state index contributed by atoms with van der Waals surface area (Å²) in [6.07, 6.45) is 2.84. The molecule has 0 saturated carbocycles. The van der Waals surface area contributed by atoms with Gasteiger partial charge in [-0.15, -0.1) is 11.3 Å². The van der Waals surface area contributed by atoms with E-state index in [0.29, 0.717) is 12.3 Å². The maximum atomic E-state index is 10.6. The molecule has 0 saturated heterocycles. The summed E-state index contributed by atoms with van der Waals surface area (Å²) >= 11 is 1.68. The van der Waals surface area contributed by atoms with Gasteiger partial charge in [-0.05, 0) is 12.8 Å². The fraction of sp³-hybridized carbons (Fsp3) is 0.667. The number of aryl methyl sites for hydroxylation is 2. The number of hydrogen-bond donors (Lipinski definition) is 1. The maximum Gasteiger partial charge on any atom is 0.303 e. The number of carboxylic acid groups (broad SMARTS) is 1. The molecule has 0 aliphatic heterocycles. The van der Waals surface area contributed by atoms with Gasteiger partial charge in [-0.1, -0.05) is 27.2 Å². The molecule has 1 rings (SSSR count). The second kappa shape index (κ2) is 5.99.